The van der Waals surface area contributed by atoms with Gasteiger partial charge in [-0.2, -0.15) is 13.2 Å². The Kier molecular flexibility index (Phi) is 3.19. The third-order valence-corrected chi connectivity index (χ3v) is 2.79. The van der Waals surface area contributed by atoms with Gasteiger partial charge in [-0.15, -0.1) is 0 Å². The molecule has 1 saturated carbocycles. The van der Waals surface area contributed by atoms with Gasteiger partial charge in [0.25, 0.3) is 0 Å². The van der Waals surface area contributed by atoms with Crippen LogP contribution in [0, 0.1) is 5.92 Å². The van der Waals surface area contributed by atoms with Crippen LogP contribution < -0.4 is 0 Å². The van der Waals surface area contributed by atoms with Crippen molar-refractivity contribution in [3.63, 3.8) is 0 Å². The number of rotatable bonds is 2. The molecule has 0 saturated heterocycles. The van der Waals surface area contributed by atoms with E-state index in [9.17, 15) is 23.1 Å². The molecule has 14 heavy (non-hydrogen) atoms. The normalized spacial score (nSPS) is 34.1. The molecule has 2 unspecified atom stereocenters. The summed E-state index contributed by atoms with van der Waals surface area (Å²) >= 11 is 0. The van der Waals surface area contributed by atoms with Crippen LogP contribution in [-0.4, -0.2) is 23.2 Å². The largest absolute Gasteiger partial charge is 0.417 e. The first-order valence-corrected chi connectivity index (χ1v) is 4.62. The van der Waals surface area contributed by atoms with Crippen LogP contribution in [0.15, 0.2) is 0 Å². The van der Waals surface area contributed by atoms with Crippen LogP contribution in [0.25, 0.3) is 0 Å². The third-order valence-electron chi connectivity index (χ3n) is 2.79. The van der Waals surface area contributed by atoms with E-state index in [1.54, 1.807) is 0 Å². The van der Waals surface area contributed by atoms with Crippen molar-refractivity contribution in [3.05, 3.63) is 0 Å². The molecule has 0 aromatic carbocycles. The summed E-state index contributed by atoms with van der Waals surface area (Å²) in [7, 11) is 0. The fraction of sp³-hybridized carbons (Fsp3) is 0.889. The monoisotopic (exact) mass is 210 g/mol. The zero-order valence-corrected chi connectivity index (χ0v) is 7.68. The molecule has 0 radical (unpaired) electrons. The van der Waals surface area contributed by atoms with E-state index in [1.165, 1.54) is 0 Å². The Hall–Kier alpha value is -0.580. The van der Waals surface area contributed by atoms with Crippen molar-refractivity contribution in [2.75, 3.05) is 0 Å². The zero-order valence-electron chi connectivity index (χ0n) is 7.68. The van der Waals surface area contributed by atoms with Gasteiger partial charge in [-0.3, -0.25) is 0 Å². The maximum Gasteiger partial charge on any atom is 0.417 e. The van der Waals surface area contributed by atoms with E-state index in [-0.39, 0.29) is 25.2 Å². The average molecular weight is 210 g/mol. The van der Waals surface area contributed by atoms with Crippen LogP contribution in [0.1, 0.15) is 32.1 Å². The minimum Gasteiger partial charge on any atom is -0.380 e. The topological polar surface area (TPSA) is 37.3 Å². The van der Waals surface area contributed by atoms with Crippen molar-refractivity contribution >= 4 is 6.29 Å². The van der Waals surface area contributed by atoms with Gasteiger partial charge in [0.2, 0.25) is 0 Å². The molecule has 0 aromatic rings. The summed E-state index contributed by atoms with van der Waals surface area (Å²) < 4.78 is 37.2. The summed E-state index contributed by atoms with van der Waals surface area (Å²) in [5.41, 5.74) is -2.57. The van der Waals surface area contributed by atoms with Crippen molar-refractivity contribution in [1.29, 1.82) is 0 Å². The first-order chi connectivity index (χ1) is 6.39. The molecule has 2 nitrogen and oxygen atoms in total. The summed E-state index contributed by atoms with van der Waals surface area (Å²) in [6.07, 6.45) is -3.51. The van der Waals surface area contributed by atoms with E-state index in [4.69, 9.17) is 0 Å². The smallest absolute Gasteiger partial charge is 0.380 e. The lowest BCUT2D eigenvalue weighted by atomic mass is 9.76. The molecule has 0 heterocycles. The molecular formula is C9H13F3O2. The highest BCUT2D eigenvalue weighted by molar-refractivity contribution is 5.49. The van der Waals surface area contributed by atoms with Gasteiger partial charge < -0.3 is 9.90 Å². The lowest BCUT2D eigenvalue weighted by molar-refractivity contribution is -0.274. The van der Waals surface area contributed by atoms with Crippen molar-refractivity contribution < 1.29 is 23.1 Å². The lowest BCUT2D eigenvalue weighted by Crippen LogP contribution is -2.48. The molecule has 1 fully saturated rings. The van der Waals surface area contributed by atoms with E-state index in [1.807, 2.05) is 0 Å². The SMILES string of the molecule is O=CCC1CCCC(O)(C(F)(F)F)C1. The highest BCUT2D eigenvalue weighted by atomic mass is 19.4. The van der Waals surface area contributed by atoms with E-state index >= 15 is 0 Å². The number of aliphatic hydroxyl groups is 1. The molecule has 0 aromatic heterocycles. The lowest BCUT2D eigenvalue weighted by Gasteiger charge is -2.37. The van der Waals surface area contributed by atoms with E-state index in [2.05, 4.69) is 0 Å². The molecule has 2 atom stereocenters. The third kappa shape index (κ3) is 2.26. The molecule has 1 rings (SSSR count). The predicted molar refractivity (Wildman–Crippen MR) is 43.6 cm³/mol. The van der Waals surface area contributed by atoms with Gasteiger partial charge in [0.05, 0.1) is 0 Å². The Bertz CT molecular complexity index is 215. The summed E-state index contributed by atoms with van der Waals surface area (Å²) in [5, 5.41) is 9.36. The average Bonchev–Trinajstić information content (AvgIpc) is 2.03. The molecule has 1 N–H and O–H groups in total. The molecule has 1 aliphatic carbocycles. The quantitative estimate of drug-likeness (QED) is 0.708. The Morgan fingerprint density at radius 2 is 2.14 bits per heavy atom. The van der Waals surface area contributed by atoms with E-state index < -0.39 is 11.8 Å². The summed E-state index contributed by atoms with van der Waals surface area (Å²) in [6, 6.07) is 0. The fourth-order valence-corrected chi connectivity index (χ4v) is 1.96. The first-order valence-electron chi connectivity index (χ1n) is 4.62. The maximum absolute atomic E-state index is 12.4. The molecule has 5 heteroatoms. The van der Waals surface area contributed by atoms with E-state index in [0.717, 1.165) is 0 Å². The molecule has 0 bridgehead atoms. The zero-order chi connectivity index (χ0) is 10.8. The van der Waals surface area contributed by atoms with Crippen molar-refractivity contribution in [1.82, 2.24) is 0 Å². The minimum absolute atomic E-state index is 0.110. The number of hydrogen-bond donors (Lipinski definition) is 1. The van der Waals surface area contributed by atoms with Crippen LogP contribution in [0.5, 0.6) is 0 Å². The highest BCUT2D eigenvalue weighted by Crippen LogP contribution is 2.44. The number of carbonyl (C=O) groups is 1. The van der Waals surface area contributed by atoms with Gasteiger partial charge >= 0.3 is 6.18 Å². The number of halogens is 3. The molecule has 1 aliphatic rings. The van der Waals surface area contributed by atoms with Crippen molar-refractivity contribution in [3.8, 4) is 0 Å². The molecule has 0 aliphatic heterocycles. The predicted octanol–water partition coefficient (Wildman–Crippen LogP) is 2.06. The molecule has 82 valence electrons. The Balaban J connectivity index is 2.67. The van der Waals surface area contributed by atoms with E-state index in [0.29, 0.717) is 19.1 Å². The number of alkyl halides is 3. The standard InChI is InChI=1S/C9H13F3O2/c10-9(11,12)8(14)4-1-2-7(6-8)3-5-13/h5,7,14H,1-4,6H2. The highest BCUT2D eigenvalue weighted by Gasteiger charge is 2.55. The summed E-state index contributed by atoms with van der Waals surface area (Å²) in [6.45, 7) is 0. The van der Waals surface area contributed by atoms with Crippen LogP contribution in [-0.2, 0) is 4.79 Å². The Morgan fingerprint density at radius 1 is 1.50 bits per heavy atom. The fourth-order valence-electron chi connectivity index (χ4n) is 1.96. The van der Waals surface area contributed by atoms with Gasteiger partial charge in [-0.25, -0.2) is 0 Å². The van der Waals surface area contributed by atoms with Gasteiger partial charge in [0.15, 0.2) is 5.60 Å². The first kappa shape index (κ1) is 11.5. The molecule has 0 amide bonds. The van der Waals surface area contributed by atoms with Crippen LogP contribution in [0.2, 0.25) is 0 Å². The molecule has 0 spiro atoms. The summed E-state index contributed by atoms with van der Waals surface area (Å²) in [5.74, 6) is -0.326. The Labute approximate surface area is 80.1 Å². The second kappa shape index (κ2) is 3.88. The second-order valence-electron chi connectivity index (χ2n) is 3.89. The molecular weight excluding hydrogens is 197 g/mol. The van der Waals surface area contributed by atoms with Crippen LogP contribution in [0.4, 0.5) is 13.2 Å². The number of carbonyl (C=O) groups excluding carboxylic acids is 1. The van der Waals surface area contributed by atoms with Crippen molar-refractivity contribution in [2.45, 2.75) is 43.9 Å². The van der Waals surface area contributed by atoms with Crippen LogP contribution >= 0.6 is 0 Å². The van der Waals surface area contributed by atoms with Gasteiger partial charge in [0.1, 0.15) is 6.29 Å². The van der Waals surface area contributed by atoms with Gasteiger partial charge in [-0.1, -0.05) is 0 Å². The number of aldehydes is 1. The maximum atomic E-state index is 12.4. The minimum atomic E-state index is -4.57. The summed E-state index contributed by atoms with van der Waals surface area (Å²) in [4.78, 5) is 10.2. The van der Waals surface area contributed by atoms with Crippen LogP contribution in [0.3, 0.4) is 0 Å². The number of hydrogen-bond acceptors (Lipinski definition) is 2. The second-order valence-corrected chi connectivity index (χ2v) is 3.89. The Morgan fingerprint density at radius 3 is 2.64 bits per heavy atom. The van der Waals surface area contributed by atoms with Crippen molar-refractivity contribution in [2.24, 2.45) is 5.92 Å². The van der Waals surface area contributed by atoms with Gasteiger partial charge in [0, 0.05) is 6.42 Å². The van der Waals surface area contributed by atoms with Gasteiger partial charge in [-0.05, 0) is 31.6 Å².